The van der Waals surface area contributed by atoms with E-state index in [1.807, 2.05) is 0 Å². The zero-order chi connectivity index (χ0) is 11.9. The van der Waals surface area contributed by atoms with Gasteiger partial charge in [-0.1, -0.05) is 6.07 Å². The Kier molecular flexibility index (Phi) is 2.38. The molecule has 0 atom stereocenters. The monoisotopic (exact) mass is 240 g/mol. The topological polar surface area (TPSA) is 59.0 Å². The Bertz CT molecular complexity index is 561. The minimum atomic E-state index is -3.57. The summed E-state index contributed by atoms with van der Waals surface area (Å²) in [6.07, 6.45) is 0. The largest absolute Gasteiger partial charge is 0.496 e. The van der Waals surface area contributed by atoms with Gasteiger partial charge in [0.25, 0.3) is 10.0 Å². The maximum atomic E-state index is 11.8. The summed E-state index contributed by atoms with van der Waals surface area (Å²) in [5, 5.41) is 0. The summed E-state index contributed by atoms with van der Waals surface area (Å²) in [6, 6.07) is 4.90. The van der Waals surface area contributed by atoms with Crippen LogP contribution >= 0.6 is 0 Å². The molecule has 2 rings (SSSR count). The molecular weight excluding hydrogens is 228 g/mol. The minimum Gasteiger partial charge on any atom is -0.496 e. The van der Waals surface area contributed by atoms with Crippen molar-refractivity contribution in [2.75, 3.05) is 21.2 Å². The normalized spacial score (nSPS) is 16.6. The number of sulfonamides is 1. The molecule has 0 saturated heterocycles. The van der Waals surface area contributed by atoms with E-state index in [2.05, 4.69) is 4.40 Å². The number of methoxy groups -OCH3 is 1. The van der Waals surface area contributed by atoms with Gasteiger partial charge in [-0.25, -0.2) is 0 Å². The Morgan fingerprint density at radius 2 is 2.00 bits per heavy atom. The van der Waals surface area contributed by atoms with E-state index >= 15 is 0 Å². The van der Waals surface area contributed by atoms with Gasteiger partial charge in [0.05, 0.1) is 12.7 Å². The summed E-state index contributed by atoms with van der Waals surface area (Å²) in [5.41, 5.74) is 0.537. The van der Waals surface area contributed by atoms with Crippen LogP contribution in [0.4, 0.5) is 0 Å². The molecule has 0 saturated carbocycles. The zero-order valence-electron chi connectivity index (χ0n) is 9.26. The summed E-state index contributed by atoms with van der Waals surface area (Å²) in [5.74, 6) is 0.929. The van der Waals surface area contributed by atoms with E-state index in [4.69, 9.17) is 4.74 Å². The molecule has 0 aromatic heterocycles. The lowest BCUT2D eigenvalue weighted by Crippen LogP contribution is -2.21. The van der Waals surface area contributed by atoms with Crippen LogP contribution in [0.2, 0.25) is 0 Å². The van der Waals surface area contributed by atoms with E-state index in [0.29, 0.717) is 17.1 Å². The Morgan fingerprint density at radius 3 is 2.56 bits per heavy atom. The van der Waals surface area contributed by atoms with E-state index in [0.717, 1.165) is 0 Å². The highest BCUT2D eigenvalue weighted by Gasteiger charge is 2.32. The molecule has 1 heterocycles. The molecule has 0 spiro atoms. The SMILES string of the molecule is COc1cccc2c1C(N(C)C)=NS2(=O)=O. The summed E-state index contributed by atoms with van der Waals surface area (Å²) >= 11 is 0. The molecule has 16 heavy (non-hydrogen) atoms. The quantitative estimate of drug-likeness (QED) is 0.725. The molecule has 1 aromatic carbocycles. The van der Waals surface area contributed by atoms with Gasteiger partial charge in [0.1, 0.15) is 10.6 Å². The molecule has 0 N–H and O–H groups in total. The van der Waals surface area contributed by atoms with Crippen molar-refractivity contribution in [2.24, 2.45) is 4.40 Å². The molecular formula is C10H12N2O3S. The first-order chi connectivity index (χ1) is 7.47. The van der Waals surface area contributed by atoms with E-state index in [1.165, 1.54) is 13.2 Å². The fraction of sp³-hybridized carbons (Fsp3) is 0.300. The second kappa shape index (κ2) is 3.48. The average Bonchev–Trinajstić information content (AvgIpc) is 2.51. The highest BCUT2D eigenvalue weighted by atomic mass is 32.2. The highest BCUT2D eigenvalue weighted by molar-refractivity contribution is 7.90. The van der Waals surface area contributed by atoms with Crippen LogP contribution < -0.4 is 4.74 Å². The predicted molar refractivity (Wildman–Crippen MR) is 60.4 cm³/mol. The summed E-state index contributed by atoms with van der Waals surface area (Å²) in [6.45, 7) is 0. The third-order valence-corrected chi connectivity index (χ3v) is 3.65. The van der Waals surface area contributed by atoms with Crippen LogP contribution in [-0.2, 0) is 10.0 Å². The number of fused-ring (bicyclic) bond motifs is 1. The predicted octanol–water partition coefficient (Wildman–Crippen LogP) is 0.706. The lowest BCUT2D eigenvalue weighted by Gasteiger charge is -2.14. The Labute approximate surface area is 94.4 Å². The van der Waals surface area contributed by atoms with Crippen molar-refractivity contribution < 1.29 is 13.2 Å². The lowest BCUT2D eigenvalue weighted by molar-refractivity contribution is 0.411. The first-order valence-corrected chi connectivity index (χ1v) is 6.11. The van der Waals surface area contributed by atoms with Gasteiger partial charge in [-0.3, -0.25) is 0 Å². The smallest absolute Gasteiger partial charge is 0.285 e. The van der Waals surface area contributed by atoms with Crippen LogP contribution in [0.5, 0.6) is 5.75 Å². The Morgan fingerprint density at radius 1 is 1.31 bits per heavy atom. The third-order valence-electron chi connectivity index (χ3n) is 2.34. The number of rotatable bonds is 1. The molecule has 0 bridgehead atoms. The molecule has 0 aliphatic carbocycles. The van der Waals surface area contributed by atoms with Crippen LogP contribution in [0.25, 0.3) is 0 Å². The van der Waals surface area contributed by atoms with Gasteiger partial charge in [0, 0.05) is 14.1 Å². The first-order valence-electron chi connectivity index (χ1n) is 4.67. The summed E-state index contributed by atoms with van der Waals surface area (Å²) in [4.78, 5) is 1.86. The molecule has 86 valence electrons. The van der Waals surface area contributed by atoms with Crippen molar-refractivity contribution in [3.8, 4) is 5.75 Å². The van der Waals surface area contributed by atoms with Gasteiger partial charge in [0.2, 0.25) is 0 Å². The van der Waals surface area contributed by atoms with Gasteiger partial charge in [-0.2, -0.15) is 8.42 Å². The van der Waals surface area contributed by atoms with Crippen molar-refractivity contribution in [3.05, 3.63) is 23.8 Å². The maximum Gasteiger partial charge on any atom is 0.285 e. The number of ether oxygens (including phenoxy) is 1. The van der Waals surface area contributed by atoms with Crippen LogP contribution in [0.1, 0.15) is 5.56 Å². The standard InChI is InChI=1S/C10H12N2O3S/c1-12(2)10-9-7(15-3)5-4-6-8(9)16(13,14)11-10/h4-6H,1-3H3. The third kappa shape index (κ3) is 1.46. The minimum absolute atomic E-state index is 0.204. The van der Waals surface area contributed by atoms with Crippen molar-refractivity contribution in [3.63, 3.8) is 0 Å². The maximum absolute atomic E-state index is 11.8. The lowest BCUT2D eigenvalue weighted by atomic mass is 10.1. The molecule has 6 heteroatoms. The van der Waals surface area contributed by atoms with E-state index < -0.39 is 10.0 Å². The number of nitrogens with zero attached hydrogens (tertiary/aromatic N) is 2. The zero-order valence-corrected chi connectivity index (χ0v) is 10.1. The van der Waals surface area contributed by atoms with Crippen molar-refractivity contribution in [1.82, 2.24) is 4.90 Å². The summed E-state index contributed by atoms with van der Waals surface area (Å²) < 4.78 is 32.4. The van der Waals surface area contributed by atoms with Crippen molar-refractivity contribution in [2.45, 2.75) is 4.90 Å². The van der Waals surface area contributed by atoms with Crippen molar-refractivity contribution >= 4 is 15.9 Å². The average molecular weight is 240 g/mol. The number of benzene rings is 1. The summed E-state index contributed by atoms with van der Waals surface area (Å²) in [7, 11) is 1.43. The Balaban J connectivity index is 2.78. The van der Waals surface area contributed by atoms with E-state index in [-0.39, 0.29) is 4.90 Å². The number of amidine groups is 1. The Hall–Kier alpha value is -1.56. The fourth-order valence-electron chi connectivity index (χ4n) is 1.63. The fourth-order valence-corrected chi connectivity index (χ4v) is 2.91. The second-order valence-electron chi connectivity index (χ2n) is 3.62. The number of hydrogen-bond acceptors (Lipinski definition) is 4. The molecule has 1 aromatic rings. The molecule has 0 fully saturated rings. The van der Waals surface area contributed by atoms with Gasteiger partial charge in [-0.15, -0.1) is 4.40 Å². The van der Waals surface area contributed by atoms with E-state index in [1.54, 1.807) is 31.1 Å². The first kappa shape index (κ1) is 10.9. The highest BCUT2D eigenvalue weighted by Crippen LogP contribution is 2.33. The van der Waals surface area contributed by atoms with E-state index in [9.17, 15) is 8.42 Å². The van der Waals surface area contributed by atoms with Gasteiger partial charge in [0.15, 0.2) is 5.84 Å². The second-order valence-corrected chi connectivity index (χ2v) is 5.19. The molecule has 1 aliphatic heterocycles. The molecule has 0 radical (unpaired) electrons. The van der Waals surface area contributed by atoms with Crippen LogP contribution in [-0.4, -0.2) is 40.4 Å². The van der Waals surface area contributed by atoms with Crippen molar-refractivity contribution in [1.29, 1.82) is 0 Å². The molecule has 0 unspecified atom stereocenters. The van der Waals surface area contributed by atoms with Gasteiger partial charge < -0.3 is 9.64 Å². The molecule has 1 aliphatic rings. The number of hydrogen-bond donors (Lipinski definition) is 0. The molecule has 0 amide bonds. The van der Waals surface area contributed by atoms with Gasteiger partial charge in [-0.05, 0) is 12.1 Å². The van der Waals surface area contributed by atoms with Crippen LogP contribution in [0.15, 0.2) is 27.5 Å². The molecule has 5 nitrogen and oxygen atoms in total. The van der Waals surface area contributed by atoms with Crippen LogP contribution in [0, 0.1) is 0 Å². The van der Waals surface area contributed by atoms with Gasteiger partial charge >= 0.3 is 0 Å². The van der Waals surface area contributed by atoms with Crippen LogP contribution in [0.3, 0.4) is 0 Å².